The number of phenols is 1. The lowest BCUT2D eigenvalue weighted by molar-refractivity contribution is -0.138. The lowest BCUT2D eigenvalue weighted by Gasteiger charge is -2.32. The van der Waals surface area contributed by atoms with Crippen molar-refractivity contribution in [1.82, 2.24) is 9.47 Å². The van der Waals surface area contributed by atoms with Crippen LogP contribution in [-0.4, -0.2) is 21.1 Å². The zero-order valence-electron chi connectivity index (χ0n) is 16.2. The van der Waals surface area contributed by atoms with Gasteiger partial charge in [-0.2, -0.15) is 13.2 Å². The first-order valence-electron chi connectivity index (χ1n) is 9.68. The molecule has 6 heteroatoms. The Bertz CT molecular complexity index is 1010. The molecule has 3 nitrogen and oxygen atoms in total. The molecule has 1 N–H and O–H groups in total. The van der Waals surface area contributed by atoms with Crippen LogP contribution in [0.15, 0.2) is 60.8 Å². The lowest BCUT2D eigenvalue weighted by Crippen LogP contribution is -2.31. The van der Waals surface area contributed by atoms with Crippen LogP contribution < -0.4 is 0 Å². The van der Waals surface area contributed by atoms with Gasteiger partial charge in [0, 0.05) is 37.1 Å². The first kappa shape index (κ1) is 19.6. The predicted molar refractivity (Wildman–Crippen MR) is 106 cm³/mol. The predicted octanol–water partition coefficient (Wildman–Crippen LogP) is 5.52. The van der Waals surface area contributed by atoms with Crippen LogP contribution in [0.4, 0.5) is 13.2 Å². The molecule has 0 amide bonds. The summed E-state index contributed by atoms with van der Waals surface area (Å²) in [5, 5.41) is 10.3. The standard InChI is InChI=1S/C23H23F3N2O/c1-16-9-10-21(29)17(14-16)15-28-13-5-12-27-11-4-8-20(27)22(28)18-6-2-3-7-19(18)23(24,25)26/h2-4,6-11,14,22,29H,5,12-13,15H2,1H3. The zero-order chi connectivity index (χ0) is 20.6. The molecule has 0 bridgehead atoms. The Labute approximate surface area is 168 Å². The van der Waals surface area contributed by atoms with E-state index in [-0.39, 0.29) is 11.3 Å². The second-order valence-electron chi connectivity index (χ2n) is 7.57. The van der Waals surface area contributed by atoms with Crippen LogP contribution in [0.2, 0.25) is 0 Å². The number of hydrogen-bond acceptors (Lipinski definition) is 2. The fourth-order valence-corrected chi connectivity index (χ4v) is 4.22. The van der Waals surface area contributed by atoms with Crippen molar-refractivity contribution in [2.45, 2.75) is 38.7 Å². The van der Waals surface area contributed by atoms with Gasteiger partial charge in [-0.25, -0.2) is 0 Å². The van der Waals surface area contributed by atoms with Gasteiger partial charge in [-0.3, -0.25) is 4.90 Å². The normalized spacial score (nSPS) is 17.7. The summed E-state index contributed by atoms with van der Waals surface area (Å²) in [6.45, 7) is 3.69. The number of rotatable bonds is 3. The molecule has 0 radical (unpaired) electrons. The summed E-state index contributed by atoms with van der Waals surface area (Å²) in [6, 6.07) is 14.4. The van der Waals surface area contributed by atoms with Crippen LogP contribution in [0.5, 0.6) is 5.75 Å². The molecular weight excluding hydrogens is 377 g/mol. The van der Waals surface area contributed by atoms with Crippen LogP contribution >= 0.6 is 0 Å². The van der Waals surface area contributed by atoms with Crippen molar-refractivity contribution >= 4 is 0 Å². The molecule has 1 unspecified atom stereocenters. The molecule has 1 aliphatic rings. The number of hydrogen-bond donors (Lipinski definition) is 1. The number of aryl methyl sites for hydroxylation is 2. The van der Waals surface area contributed by atoms with E-state index in [1.54, 1.807) is 18.2 Å². The maximum Gasteiger partial charge on any atom is 0.416 e. The second-order valence-corrected chi connectivity index (χ2v) is 7.57. The molecule has 2 heterocycles. The quantitative estimate of drug-likeness (QED) is 0.627. The van der Waals surface area contributed by atoms with Crippen molar-refractivity contribution in [1.29, 1.82) is 0 Å². The highest BCUT2D eigenvalue weighted by molar-refractivity contribution is 5.40. The van der Waals surface area contributed by atoms with E-state index in [2.05, 4.69) is 0 Å². The van der Waals surface area contributed by atoms with Crippen LogP contribution in [0.25, 0.3) is 0 Å². The molecule has 1 aliphatic heterocycles. The summed E-state index contributed by atoms with van der Waals surface area (Å²) in [7, 11) is 0. The van der Waals surface area contributed by atoms with E-state index < -0.39 is 17.8 Å². The van der Waals surface area contributed by atoms with Gasteiger partial charge in [-0.15, -0.1) is 0 Å². The Morgan fingerprint density at radius 2 is 1.83 bits per heavy atom. The number of halogens is 3. The lowest BCUT2D eigenvalue weighted by atomic mass is 9.95. The Kier molecular flexibility index (Phi) is 5.13. The molecule has 0 fully saturated rings. The minimum Gasteiger partial charge on any atom is -0.508 e. The summed E-state index contributed by atoms with van der Waals surface area (Å²) in [6.07, 6.45) is -1.69. The zero-order valence-corrected chi connectivity index (χ0v) is 16.2. The van der Waals surface area contributed by atoms with E-state index in [4.69, 9.17) is 0 Å². The third-order valence-electron chi connectivity index (χ3n) is 5.52. The third-order valence-corrected chi connectivity index (χ3v) is 5.52. The van der Waals surface area contributed by atoms with Gasteiger partial charge >= 0.3 is 6.18 Å². The molecule has 2 aromatic carbocycles. The number of nitrogens with zero attached hydrogens (tertiary/aromatic N) is 2. The summed E-state index contributed by atoms with van der Waals surface area (Å²) in [5.74, 6) is 0.165. The third kappa shape index (κ3) is 3.90. The average Bonchev–Trinajstić information content (AvgIpc) is 3.05. The van der Waals surface area contributed by atoms with Crippen molar-refractivity contribution < 1.29 is 18.3 Å². The summed E-state index contributed by atoms with van der Waals surface area (Å²) >= 11 is 0. The number of aromatic hydroxyl groups is 1. The van der Waals surface area contributed by atoms with Crippen LogP contribution in [0.1, 0.15) is 40.4 Å². The van der Waals surface area contributed by atoms with E-state index in [0.717, 1.165) is 35.9 Å². The van der Waals surface area contributed by atoms with Gasteiger partial charge in [0.2, 0.25) is 0 Å². The fourth-order valence-electron chi connectivity index (χ4n) is 4.22. The highest BCUT2D eigenvalue weighted by Gasteiger charge is 2.38. The van der Waals surface area contributed by atoms with E-state index in [1.807, 2.05) is 46.9 Å². The van der Waals surface area contributed by atoms with Gasteiger partial charge in [0.15, 0.2) is 0 Å². The maximum absolute atomic E-state index is 13.8. The minimum atomic E-state index is -4.43. The van der Waals surface area contributed by atoms with E-state index in [0.29, 0.717) is 13.1 Å². The van der Waals surface area contributed by atoms with Gasteiger partial charge in [0.1, 0.15) is 5.75 Å². The number of benzene rings is 2. The van der Waals surface area contributed by atoms with E-state index in [9.17, 15) is 18.3 Å². The highest BCUT2D eigenvalue weighted by Crippen LogP contribution is 2.41. The van der Waals surface area contributed by atoms with Crippen molar-refractivity contribution in [3.05, 3.63) is 88.7 Å². The SMILES string of the molecule is Cc1ccc(O)c(CN2CCCn3cccc3C2c2ccccc2C(F)(F)F)c1. The average molecular weight is 400 g/mol. The smallest absolute Gasteiger partial charge is 0.416 e. The summed E-state index contributed by atoms with van der Waals surface area (Å²) in [4.78, 5) is 2.04. The minimum absolute atomic E-state index is 0.165. The van der Waals surface area contributed by atoms with Crippen molar-refractivity contribution in [2.75, 3.05) is 6.54 Å². The topological polar surface area (TPSA) is 28.4 Å². The molecule has 3 aromatic rings. The molecule has 1 aromatic heterocycles. The fraction of sp³-hybridized carbons (Fsp3) is 0.304. The molecule has 0 saturated carbocycles. The van der Waals surface area contributed by atoms with Gasteiger partial charge in [0.05, 0.1) is 11.6 Å². The largest absolute Gasteiger partial charge is 0.508 e. The maximum atomic E-state index is 13.8. The molecule has 4 rings (SSSR count). The molecule has 0 saturated heterocycles. The van der Waals surface area contributed by atoms with Crippen molar-refractivity contribution in [3.63, 3.8) is 0 Å². The molecule has 0 spiro atoms. The van der Waals surface area contributed by atoms with E-state index in [1.165, 1.54) is 6.07 Å². The molecular formula is C23H23F3N2O. The number of fused-ring (bicyclic) bond motifs is 1. The molecule has 1 atom stereocenters. The summed E-state index contributed by atoms with van der Waals surface area (Å²) in [5.41, 5.74) is 2.20. The monoisotopic (exact) mass is 400 g/mol. The molecule has 29 heavy (non-hydrogen) atoms. The van der Waals surface area contributed by atoms with Crippen LogP contribution in [0.3, 0.4) is 0 Å². The van der Waals surface area contributed by atoms with Crippen molar-refractivity contribution in [3.8, 4) is 5.75 Å². The number of phenolic OH excluding ortho intramolecular Hbond substituents is 1. The Hall–Kier alpha value is -2.73. The number of aromatic nitrogens is 1. The van der Waals surface area contributed by atoms with Crippen LogP contribution in [-0.2, 0) is 19.3 Å². The van der Waals surface area contributed by atoms with Gasteiger partial charge in [-0.1, -0.05) is 35.9 Å². The van der Waals surface area contributed by atoms with Crippen molar-refractivity contribution in [2.24, 2.45) is 0 Å². The van der Waals surface area contributed by atoms with Gasteiger partial charge in [-0.05, 0) is 43.2 Å². The van der Waals surface area contributed by atoms with Gasteiger partial charge < -0.3 is 9.67 Å². The Morgan fingerprint density at radius 1 is 1.03 bits per heavy atom. The Morgan fingerprint density at radius 3 is 2.62 bits per heavy atom. The highest BCUT2D eigenvalue weighted by atomic mass is 19.4. The van der Waals surface area contributed by atoms with E-state index >= 15 is 0 Å². The first-order chi connectivity index (χ1) is 13.8. The first-order valence-corrected chi connectivity index (χ1v) is 9.68. The second kappa shape index (κ2) is 7.59. The summed E-state index contributed by atoms with van der Waals surface area (Å²) < 4.78 is 43.5. The van der Waals surface area contributed by atoms with Crippen LogP contribution in [0, 0.1) is 6.92 Å². The van der Waals surface area contributed by atoms with Gasteiger partial charge in [0.25, 0.3) is 0 Å². The number of alkyl halides is 3. The Balaban J connectivity index is 1.84. The molecule has 0 aliphatic carbocycles. The molecule has 152 valence electrons.